The largest absolute Gasteiger partial charge is 0.312 e. The third kappa shape index (κ3) is 4.05. The minimum absolute atomic E-state index is 0.184. The lowest BCUT2D eigenvalue weighted by Gasteiger charge is -2.05. The Morgan fingerprint density at radius 3 is 2.78 bits per heavy atom. The lowest BCUT2D eigenvalue weighted by atomic mass is 10.2. The molecule has 0 atom stereocenters. The van der Waals surface area contributed by atoms with Gasteiger partial charge >= 0.3 is 0 Å². The van der Waals surface area contributed by atoms with Gasteiger partial charge in [0.05, 0.1) is 4.34 Å². The predicted molar refractivity (Wildman–Crippen MR) is 78.8 cm³/mol. The van der Waals surface area contributed by atoms with E-state index in [0.29, 0.717) is 12.1 Å². The van der Waals surface area contributed by atoms with E-state index < -0.39 is 0 Å². The van der Waals surface area contributed by atoms with E-state index in [1.54, 1.807) is 17.4 Å². The number of thiophene rings is 1. The van der Waals surface area contributed by atoms with E-state index in [9.17, 15) is 4.39 Å². The predicted octanol–water partition coefficient (Wildman–Crippen LogP) is 4.64. The first kappa shape index (κ1) is 14.0. The van der Waals surface area contributed by atoms with E-state index in [4.69, 9.17) is 11.6 Å². The molecule has 0 bridgehead atoms. The first-order chi connectivity index (χ1) is 8.65. The van der Waals surface area contributed by atoms with Gasteiger partial charge in [0, 0.05) is 28.0 Å². The molecule has 0 fully saturated rings. The van der Waals surface area contributed by atoms with Crippen LogP contribution in [0.2, 0.25) is 4.34 Å². The molecule has 0 saturated heterocycles. The third-order valence-corrected chi connectivity index (χ3v) is 4.29. The van der Waals surface area contributed by atoms with Crippen LogP contribution < -0.4 is 5.32 Å². The van der Waals surface area contributed by atoms with Crippen LogP contribution in [-0.2, 0) is 13.0 Å². The highest BCUT2D eigenvalue weighted by Gasteiger charge is 2.02. The Balaban J connectivity index is 1.78. The molecule has 0 unspecified atom stereocenters. The van der Waals surface area contributed by atoms with Crippen molar-refractivity contribution >= 4 is 38.9 Å². The summed E-state index contributed by atoms with van der Waals surface area (Å²) >= 11 is 10.7. The normalized spacial score (nSPS) is 10.8. The van der Waals surface area contributed by atoms with Crippen molar-refractivity contribution in [1.29, 1.82) is 0 Å². The summed E-state index contributed by atoms with van der Waals surface area (Å²) in [4.78, 5) is 1.24. The topological polar surface area (TPSA) is 12.0 Å². The quantitative estimate of drug-likeness (QED) is 0.777. The van der Waals surface area contributed by atoms with Crippen molar-refractivity contribution in [1.82, 2.24) is 5.32 Å². The molecule has 0 amide bonds. The van der Waals surface area contributed by atoms with E-state index in [1.165, 1.54) is 10.9 Å². The van der Waals surface area contributed by atoms with Gasteiger partial charge in [0.2, 0.25) is 0 Å². The summed E-state index contributed by atoms with van der Waals surface area (Å²) < 4.78 is 15.1. The molecule has 0 aliphatic carbocycles. The van der Waals surface area contributed by atoms with Gasteiger partial charge in [-0.3, -0.25) is 0 Å². The van der Waals surface area contributed by atoms with Gasteiger partial charge in [-0.05, 0) is 30.7 Å². The second-order valence-corrected chi connectivity index (χ2v) is 6.58. The average Bonchev–Trinajstić information content (AvgIpc) is 2.73. The van der Waals surface area contributed by atoms with Crippen molar-refractivity contribution < 1.29 is 4.39 Å². The molecule has 2 aromatic rings. The molecular weight excluding hydrogens is 337 g/mol. The van der Waals surface area contributed by atoms with E-state index in [1.807, 2.05) is 18.2 Å². The van der Waals surface area contributed by atoms with Gasteiger partial charge in [-0.25, -0.2) is 4.39 Å². The van der Waals surface area contributed by atoms with Crippen molar-refractivity contribution in [2.45, 2.75) is 13.0 Å². The van der Waals surface area contributed by atoms with Crippen molar-refractivity contribution in [2.75, 3.05) is 6.54 Å². The van der Waals surface area contributed by atoms with Crippen molar-refractivity contribution in [3.63, 3.8) is 0 Å². The Bertz CT molecular complexity index is 529. The zero-order valence-electron chi connectivity index (χ0n) is 9.55. The van der Waals surface area contributed by atoms with Crippen LogP contribution in [0.5, 0.6) is 0 Å². The van der Waals surface area contributed by atoms with Crippen LogP contribution in [0.15, 0.2) is 34.8 Å². The number of hydrogen-bond donors (Lipinski definition) is 1. The fraction of sp³-hybridized carbons (Fsp3) is 0.231. The molecule has 0 saturated carbocycles. The van der Waals surface area contributed by atoms with Crippen LogP contribution >= 0.6 is 38.9 Å². The average molecular weight is 349 g/mol. The zero-order chi connectivity index (χ0) is 13.0. The Morgan fingerprint density at radius 2 is 2.11 bits per heavy atom. The molecule has 1 aromatic heterocycles. The Kier molecular flexibility index (Phi) is 5.18. The van der Waals surface area contributed by atoms with Crippen LogP contribution in [0, 0.1) is 5.82 Å². The van der Waals surface area contributed by atoms with Gasteiger partial charge < -0.3 is 5.32 Å². The van der Waals surface area contributed by atoms with Crippen LogP contribution in [-0.4, -0.2) is 6.54 Å². The summed E-state index contributed by atoms with van der Waals surface area (Å²) in [6.45, 7) is 1.35. The third-order valence-electron chi connectivity index (χ3n) is 2.51. The highest BCUT2D eigenvalue weighted by Crippen LogP contribution is 2.21. The van der Waals surface area contributed by atoms with Crippen LogP contribution in [0.1, 0.15) is 10.4 Å². The first-order valence-corrected chi connectivity index (χ1v) is 7.53. The number of nitrogens with one attached hydrogen (secondary N) is 1. The molecule has 1 N–H and O–H groups in total. The van der Waals surface area contributed by atoms with Gasteiger partial charge in [-0.2, -0.15) is 0 Å². The fourth-order valence-electron chi connectivity index (χ4n) is 1.59. The highest BCUT2D eigenvalue weighted by molar-refractivity contribution is 9.10. The molecule has 96 valence electrons. The molecule has 1 heterocycles. The van der Waals surface area contributed by atoms with Crippen LogP contribution in [0.3, 0.4) is 0 Å². The van der Waals surface area contributed by atoms with Gasteiger partial charge in [-0.1, -0.05) is 33.6 Å². The molecule has 0 aliphatic rings. The summed E-state index contributed by atoms with van der Waals surface area (Å²) in [6.07, 6.45) is 0.912. The summed E-state index contributed by atoms with van der Waals surface area (Å²) in [5.74, 6) is -0.184. The monoisotopic (exact) mass is 347 g/mol. The first-order valence-electron chi connectivity index (χ1n) is 5.54. The fourth-order valence-corrected chi connectivity index (χ4v) is 3.01. The molecule has 0 radical (unpaired) electrons. The number of benzene rings is 1. The highest BCUT2D eigenvalue weighted by atomic mass is 79.9. The van der Waals surface area contributed by atoms with Gasteiger partial charge in [0.1, 0.15) is 5.82 Å². The maximum absolute atomic E-state index is 13.5. The maximum Gasteiger partial charge on any atom is 0.128 e. The lowest BCUT2D eigenvalue weighted by Crippen LogP contribution is -2.17. The molecule has 0 spiro atoms. The Hall–Kier alpha value is -0.420. The van der Waals surface area contributed by atoms with Crippen LogP contribution in [0.25, 0.3) is 0 Å². The zero-order valence-corrected chi connectivity index (χ0v) is 12.7. The summed E-state index contributed by atoms with van der Waals surface area (Å²) in [7, 11) is 0. The maximum atomic E-state index is 13.5. The molecular formula is C13H12BrClFNS. The van der Waals surface area contributed by atoms with E-state index in [-0.39, 0.29) is 5.82 Å². The van der Waals surface area contributed by atoms with Crippen molar-refractivity contribution in [2.24, 2.45) is 0 Å². The number of rotatable bonds is 5. The summed E-state index contributed by atoms with van der Waals surface area (Å²) in [6, 6.07) is 9.04. The lowest BCUT2D eigenvalue weighted by molar-refractivity contribution is 0.588. The second-order valence-electron chi connectivity index (χ2n) is 3.87. The summed E-state index contributed by atoms with van der Waals surface area (Å²) in [5.41, 5.74) is 0.683. The Labute approximate surface area is 123 Å². The molecule has 5 heteroatoms. The van der Waals surface area contributed by atoms with E-state index in [2.05, 4.69) is 21.2 Å². The molecule has 2 rings (SSSR count). The SMILES string of the molecule is Fc1cc(Br)ccc1CNCCc1ccc(Cl)s1. The van der Waals surface area contributed by atoms with Crippen molar-refractivity contribution in [3.8, 4) is 0 Å². The van der Waals surface area contributed by atoms with Gasteiger partial charge in [0.15, 0.2) is 0 Å². The standard InChI is InChI=1S/C13H12BrClFNS/c14-10-2-1-9(12(16)7-10)8-17-6-5-11-3-4-13(15)18-11/h1-4,7,17H,5-6,8H2. The minimum Gasteiger partial charge on any atom is -0.312 e. The van der Waals surface area contributed by atoms with Gasteiger partial charge in [-0.15, -0.1) is 11.3 Å². The van der Waals surface area contributed by atoms with E-state index in [0.717, 1.165) is 21.8 Å². The molecule has 1 nitrogen and oxygen atoms in total. The minimum atomic E-state index is -0.184. The molecule has 1 aromatic carbocycles. The number of halogens is 3. The second kappa shape index (κ2) is 6.66. The molecule has 0 aliphatic heterocycles. The Morgan fingerprint density at radius 1 is 1.28 bits per heavy atom. The van der Waals surface area contributed by atoms with Gasteiger partial charge in [0.25, 0.3) is 0 Å². The smallest absolute Gasteiger partial charge is 0.128 e. The van der Waals surface area contributed by atoms with Crippen LogP contribution in [0.4, 0.5) is 4.39 Å². The van der Waals surface area contributed by atoms with E-state index >= 15 is 0 Å². The van der Waals surface area contributed by atoms with Crippen molar-refractivity contribution in [3.05, 3.63) is 55.4 Å². The molecule has 18 heavy (non-hydrogen) atoms. The number of hydrogen-bond acceptors (Lipinski definition) is 2. The summed E-state index contributed by atoms with van der Waals surface area (Å²) in [5, 5.41) is 3.23.